The average molecular weight is 402 g/mol. The number of rotatable bonds is 13. The molecule has 3 unspecified atom stereocenters. The van der Waals surface area contributed by atoms with Crippen molar-refractivity contribution in [2.45, 2.75) is 64.6 Å². The maximum Gasteiger partial charge on any atom is 0.245 e. The van der Waals surface area contributed by atoms with Gasteiger partial charge >= 0.3 is 0 Å². The first kappa shape index (κ1) is 25.8. The number of nitrogens with zero attached hydrogens (tertiary/aromatic N) is 1. The molecule has 0 rings (SSSR count). The van der Waals surface area contributed by atoms with Gasteiger partial charge in [0, 0.05) is 13.5 Å². The van der Waals surface area contributed by atoms with Gasteiger partial charge in [0.2, 0.25) is 23.6 Å². The smallest absolute Gasteiger partial charge is 0.245 e. The lowest BCUT2D eigenvalue weighted by atomic mass is 10.00. The van der Waals surface area contributed by atoms with Crippen LogP contribution >= 0.6 is 0 Å². The van der Waals surface area contributed by atoms with Gasteiger partial charge in [-0.3, -0.25) is 19.2 Å². The number of nitrogens with two attached hydrogens (primary N) is 2. The van der Waals surface area contributed by atoms with E-state index in [1.54, 1.807) is 20.8 Å². The van der Waals surface area contributed by atoms with Crippen LogP contribution in [0.5, 0.6) is 0 Å². The molecule has 0 fully saturated rings. The van der Waals surface area contributed by atoms with Gasteiger partial charge in [-0.05, 0) is 31.7 Å². The quantitative estimate of drug-likeness (QED) is 0.234. The first-order valence-electron chi connectivity index (χ1n) is 9.57. The minimum Gasteiger partial charge on any atom is -0.394 e. The summed E-state index contributed by atoms with van der Waals surface area (Å²) in [4.78, 5) is 49.9. The lowest BCUT2D eigenvalue weighted by Gasteiger charge is -2.32. The minimum absolute atomic E-state index is 0.153. The Morgan fingerprint density at radius 1 is 1.07 bits per heavy atom. The lowest BCUT2D eigenvalue weighted by Crippen LogP contribution is -2.58. The number of unbranched alkanes of at least 4 members (excludes halogenated alkanes) is 1. The van der Waals surface area contributed by atoms with Crippen LogP contribution in [-0.4, -0.2) is 72.0 Å². The normalized spacial score (nSPS) is 14.1. The van der Waals surface area contributed by atoms with Crippen molar-refractivity contribution in [1.82, 2.24) is 15.5 Å². The number of hydrogen-bond acceptors (Lipinski definition) is 6. The number of primary amides is 1. The molecule has 7 N–H and O–H groups in total. The molecule has 0 aromatic carbocycles. The molecule has 0 aliphatic carbocycles. The van der Waals surface area contributed by atoms with Crippen LogP contribution in [0.2, 0.25) is 0 Å². The highest BCUT2D eigenvalue weighted by Gasteiger charge is 2.33. The zero-order chi connectivity index (χ0) is 21.9. The summed E-state index contributed by atoms with van der Waals surface area (Å²) >= 11 is 0. The van der Waals surface area contributed by atoms with Crippen LogP contribution < -0.4 is 22.1 Å². The monoisotopic (exact) mass is 401 g/mol. The van der Waals surface area contributed by atoms with E-state index >= 15 is 0 Å². The first-order chi connectivity index (χ1) is 13.1. The molecular weight excluding hydrogens is 366 g/mol. The van der Waals surface area contributed by atoms with Crippen molar-refractivity contribution >= 4 is 23.6 Å². The van der Waals surface area contributed by atoms with Crippen LogP contribution in [0.1, 0.15) is 46.5 Å². The summed E-state index contributed by atoms with van der Waals surface area (Å²) in [6.07, 6.45) is 1.69. The maximum atomic E-state index is 12.9. The summed E-state index contributed by atoms with van der Waals surface area (Å²) in [5, 5.41) is 14.4. The second-order valence-electron chi connectivity index (χ2n) is 7.04. The van der Waals surface area contributed by atoms with E-state index in [0.717, 1.165) is 0 Å². The molecule has 0 heterocycles. The molecule has 0 aliphatic heterocycles. The standard InChI is InChI=1S/C18H35N5O5/c1-5-14(25)21-13(10-24)17(27)22-12(8-6-7-9-19)18(28)23(4)15(11(2)3)16(20)26/h11-13,15,24H,5-10,19H2,1-4H3,(H2,20,26)(H,21,25)(H,22,27). The number of aliphatic hydroxyl groups is 1. The van der Waals surface area contributed by atoms with Crippen LogP contribution in [-0.2, 0) is 19.2 Å². The van der Waals surface area contributed by atoms with Gasteiger partial charge in [-0.25, -0.2) is 0 Å². The van der Waals surface area contributed by atoms with Crippen molar-refractivity contribution in [3.63, 3.8) is 0 Å². The Balaban J connectivity index is 5.38. The summed E-state index contributed by atoms with van der Waals surface area (Å²) in [5.74, 6) is -2.39. The highest BCUT2D eigenvalue weighted by Crippen LogP contribution is 2.13. The third-order valence-electron chi connectivity index (χ3n) is 4.40. The first-order valence-corrected chi connectivity index (χ1v) is 9.57. The number of likely N-dealkylation sites (N-methyl/N-ethyl adjacent to an activating group) is 1. The molecule has 10 nitrogen and oxygen atoms in total. The zero-order valence-electron chi connectivity index (χ0n) is 17.2. The number of hydrogen-bond donors (Lipinski definition) is 5. The van der Waals surface area contributed by atoms with Crippen molar-refractivity contribution < 1.29 is 24.3 Å². The molecule has 0 saturated heterocycles. The van der Waals surface area contributed by atoms with Crippen molar-refractivity contribution in [3.05, 3.63) is 0 Å². The van der Waals surface area contributed by atoms with Crippen LogP contribution in [0.3, 0.4) is 0 Å². The Labute approximate surface area is 166 Å². The van der Waals surface area contributed by atoms with Gasteiger partial charge in [0.25, 0.3) is 0 Å². The van der Waals surface area contributed by atoms with Gasteiger partial charge in [-0.2, -0.15) is 0 Å². The highest BCUT2D eigenvalue weighted by molar-refractivity contribution is 5.94. The van der Waals surface area contributed by atoms with Gasteiger partial charge < -0.3 is 32.1 Å². The molecule has 0 bridgehead atoms. The number of carbonyl (C=O) groups excluding carboxylic acids is 4. The van der Waals surface area contributed by atoms with Gasteiger partial charge in [-0.1, -0.05) is 20.8 Å². The third kappa shape index (κ3) is 8.22. The van der Waals surface area contributed by atoms with Gasteiger partial charge in [0.05, 0.1) is 6.61 Å². The minimum atomic E-state index is -1.17. The lowest BCUT2D eigenvalue weighted by molar-refractivity contribution is -0.143. The van der Waals surface area contributed by atoms with Crippen molar-refractivity contribution in [3.8, 4) is 0 Å². The fourth-order valence-electron chi connectivity index (χ4n) is 2.86. The molecule has 0 spiro atoms. The maximum absolute atomic E-state index is 12.9. The molecule has 0 saturated carbocycles. The number of carbonyl (C=O) groups is 4. The summed E-state index contributed by atoms with van der Waals surface area (Å²) in [7, 11) is 1.46. The summed E-state index contributed by atoms with van der Waals surface area (Å²) in [5.41, 5.74) is 10.9. The number of nitrogens with one attached hydrogen (secondary N) is 2. The molecule has 0 radical (unpaired) electrons. The predicted octanol–water partition coefficient (Wildman–Crippen LogP) is -1.54. The molecule has 162 valence electrons. The van der Waals surface area contributed by atoms with Crippen molar-refractivity contribution in [1.29, 1.82) is 0 Å². The Kier molecular flexibility index (Phi) is 12.0. The van der Waals surface area contributed by atoms with Gasteiger partial charge in [0.15, 0.2) is 0 Å². The average Bonchev–Trinajstić information content (AvgIpc) is 2.63. The van der Waals surface area contributed by atoms with Crippen molar-refractivity contribution in [2.75, 3.05) is 20.2 Å². The molecule has 0 aromatic heterocycles. The van der Waals surface area contributed by atoms with Gasteiger partial charge in [0.1, 0.15) is 18.1 Å². The second-order valence-corrected chi connectivity index (χ2v) is 7.04. The van der Waals surface area contributed by atoms with Crippen molar-refractivity contribution in [2.24, 2.45) is 17.4 Å². The fraction of sp³-hybridized carbons (Fsp3) is 0.778. The largest absolute Gasteiger partial charge is 0.394 e. The molecule has 10 heteroatoms. The number of amides is 4. The van der Waals surface area contributed by atoms with E-state index in [0.29, 0.717) is 25.8 Å². The van der Waals surface area contributed by atoms with Crippen LogP contribution in [0.4, 0.5) is 0 Å². The van der Waals surface area contributed by atoms with E-state index < -0.39 is 48.4 Å². The SMILES string of the molecule is CCC(=O)NC(CO)C(=O)NC(CCCCN)C(=O)N(C)C(C(N)=O)C(C)C. The Hall–Kier alpha value is -2.20. The highest BCUT2D eigenvalue weighted by atomic mass is 16.3. The van der Waals surface area contributed by atoms with Crippen LogP contribution in [0.15, 0.2) is 0 Å². The molecular formula is C18H35N5O5. The molecule has 4 amide bonds. The molecule has 3 atom stereocenters. The zero-order valence-corrected chi connectivity index (χ0v) is 17.2. The van der Waals surface area contributed by atoms with E-state index in [9.17, 15) is 24.3 Å². The topological polar surface area (TPSA) is 168 Å². The molecule has 0 aliphatic rings. The van der Waals surface area contributed by atoms with E-state index in [4.69, 9.17) is 11.5 Å². The Morgan fingerprint density at radius 2 is 1.68 bits per heavy atom. The van der Waals surface area contributed by atoms with Crippen LogP contribution in [0.25, 0.3) is 0 Å². The summed E-state index contributed by atoms with van der Waals surface area (Å²) in [6.45, 7) is 4.98. The third-order valence-corrected chi connectivity index (χ3v) is 4.40. The summed E-state index contributed by atoms with van der Waals surface area (Å²) in [6, 6.07) is -2.92. The summed E-state index contributed by atoms with van der Waals surface area (Å²) < 4.78 is 0. The Morgan fingerprint density at radius 3 is 2.11 bits per heavy atom. The van der Waals surface area contributed by atoms with Gasteiger partial charge in [-0.15, -0.1) is 0 Å². The molecule has 28 heavy (non-hydrogen) atoms. The molecule has 0 aromatic rings. The Bertz CT molecular complexity index is 540. The van der Waals surface area contributed by atoms with E-state index in [1.165, 1.54) is 11.9 Å². The van der Waals surface area contributed by atoms with E-state index in [2.05, 4.69) is 10.6 Å². The number of aliphatic hydroxyl groups excluding tert-OH is 1. The van der Waals surface area contributed by atoms with E-state index in [1.807, 2.05) is 0 Å². The fourth-order valence-corrected chi connectivity index (χ4v) is 2.86. The van der Waals surface area contributed by atoms with E-state index in [-0.39, 0.29) is 12.3 Å². The predicted molar refractivity (Wildman–Crippen MR) is 105 cm³/mol. The van der Waals surface area contributed by atoms with Crippen LogP contribution in [0, 0.1) is 5.92 Å². The second kappa shape index (κ2) is 13.1.